The van der Waals surface area contributed by atoms with Crippen LogP contribution in [0.5, 0.6) is 0 Å². The molecule has 0 saturated heterocycles. The Morgan fingerprint density at radius 2 is 1.53 bits per heavy atom. The lowest BCUT2D eigenvalue weighted by Gasteiger charge is -2.09. The van der Waals surface area contributed by atoms with Gasteiger partial charge < -0.3 is 15.7 Å². The van der Waals surface area contributed by atoms with E-state index in [1.165, 1.54) is 48.2 Å². The van der Waals surface area contributed by atoms with Crippen LogP contribution in [0.1, 0.15) is 20.7 Å². The number of hydrogen-bond acceptors (Lipinski definition) is 4. The highest BCUT2D eigenvalue weighted by molar-refractivity contribution is 8.00. The number of carboxylic acids is 1. The van der Waals surface area contributed by atoms with Gasteiger partial charge in [-0.3, -0.25) is 9.59 Å². The molecule has 0 fully saturated rings. The third-order valence-corrected chi connectivity index (χ3v) is 4.99. The van der Waals surface area contributed by atoms with E-state index in [1.807, 2.05) is 0 Å². The van der Waals surface area contributed by atoms with Crippen LogP contribution in [-0.2, 0) is 4.79 Å². The van der Waals surface area contributed by atoms with Crippen molar-refractivity contribution in [1.29, 1.82) is 0 Å². The number of carbonyl (C=O) groups is 3. The smallest absolute Gasteiger partial charge is 0.336 e. The van der Waals surface area contributed by atoms with Crippen LogP contribution in [0, 0.1) is 5.82 Å². The maximum Gasteiger partial charge on any atom is 0.336 e. The van der Waals surface area contributed by atoms with Gasteiger partial charge in [-0.2, -0.15) is 0 Å². The van der Waals surface area contributed by atoms with Gasteiger partial charge in [-0.05, 0) is 54.6 Å². The van der Waals surface area contributed by atoms with Gasteiger partial charge in [0.15, 0.2) is 0 Å². The Bertz CT molecular complexity index is 1090. The first-order chi connectivity index (χ1) is 14.4. The topological polar surface area (TPSA) is 95.5 Å². The molecule has 0 heterocycles. The van der Waals surface area contributed by atoms with Crippen LogP contribution in [-0.4, -0.2) is 28.6 Å². The molecule has 0 aliphatic rings. The average Bonchev–Trinajstić information content (AvgIpc) is 2.74. The number of nitrogens with one attached hydrogen (secondary N) is 2. The van der Waals surface area contributed by atoms with E-state index in [2.05, 4.69) is 10.6 Å². The van der Waals surface area contributed by atoms with Gasteiger partial charge in [0.2, 0.25) is 5.91 Å². The number of anilines is 2. The van der Waals surface area contributed by atoms with E-state index in [4.69, 9.17) is 0 Å². The van der Waals surface area contributed by atoms with Crippen LogP contribution in [0.25, 0.3) is 0 Å². The zero-order valence-electron chi connectivity index (χ0n) is 15.6. The highest BCUT2D eigenvalue weighted by Gasteiger charge is 2.16. The molecule has 152 valence electrons. The summed E-state index contributed by atoms with van der Waals surface area (Å²) < 4.78 is 12.9. The Hall–Kier alpha value is -3.65. The van der Waals surface area contributed by atoms with Crippen LogP contribution < -0.4 is 10.6 Å². The molecule has 8 heteroatoms. The van der Waals surface area contributed by atoms with Crippen molar-refractivity contribution in [3.05, 3.63) is 89.7 Å². The van der Waals surface area contributed by atoms with E-state index in [0.29, 0.717) is 11.4 Å². The molecule has 0 atom stereocenters. The molecule has 3 aromatic rings. The van der Waals surface area contributed by atoms with Gasteiger partial charge in [-0.1, -0.05) is 18.2 Å². The van der Waals surface area contributed by atoms with Crippen LogP contribution in [0.3, 0.4) is 0 Å². The van der Waals surface area contributed by atoms with Crippen LogP contribution in [0.4, 0.5) is 15.8 Å². The second kappa shape index (κ2) is 9.71. The molecule has 0 aromatic heterocycles. The molecule has 2 amide bonds. The van der Waals surface area contributed by atoms with Gasteiger partial charge >= 0.3 is 5.97 Å². The average molecular weight is 424 g/mol. The molecule has 3 aromatic carbocycles. The first-order valence-electron chi connectivity index (χ1n) is 8.84. The van der Waals surface area contributed by atoms with Crippen molar-refractivity contribution >= 4 is 40.9 Å². The number of amides is 2. The first kappa shape index (κ1) is 21.1. The summed E-state index contributed by atoms with van der Waals surface area (Å²) >= 11 is 1.26. The van der Waals surface area contributed by atoms with Crippen molar-refractivity contribution in [2.75, 3.05) is 16.4 Å². The molecule has 3 rings (SSSR count). The van der Waals surface area contributed by atoms with Gasteiger partial charge in [0, 0.05) is 16.3 Å². The van der Waals surface area contributed by atoms with E-state index < -0.39 is 11.9 Å². The van der Waals surface area contributed by atoms with E-state index in [0.717, 1.165) is 4.90 Å². The monoisotopic (exact) mass is 424 g/mol. The Kier molecular flexibility index (Phi) is 6.82. The summed E-state index contributed by atoms with van der Waals surface area (Å²) in [5.74, 6) is -2.23. The highest BCUT2D eigenvalue weighted by atomic mass is 32.2. The summed E-state index contributed by atoms with van der Waals surface area (Å²) in [7, 11) is 0. The molecule has 3 N–H and O–H groups in total. The predicted octanol–water partition coefficient (Wildman–Crippen LogP) is 4.51. The van der Waals surface area contributed by atoms with Crippen LogP contribution in [0.2, 0.25) is 0 Å². The Labute approximate surface area is 176 Å². The summed E-state index contributed by atoms with van der Waals surface area (Å²) in [4.78, 5) is 36.6. The third kappa shape index (κ3) is 5.68. The predicted molar refractivity (Wildman–Crippen MR) is 114 cm³/mol. The van der Waals surface area contributed by atoms with Crippen molar-refractivity contribution in [1.82, 2.24) is 0 Å². The van der Waals surface area contributed by atoms with Gasteiger partial charge in [-0.25, -0.2) is 9.18 Å². The van der Waals surface area contributed by atoms with Crippen molar-refractivity contribution in [3.8, 4) is 0 Å². The van der Waals surface area contributed by atoms with E-state index in [-0.39, 0.29) is 28.6 Å². The summed E-state index contributed by atoms with van der Waals surface area (Å²) in [5, 5.41) is 14.6. The molecule has 0 aliphatic heterocycles. The minimum absolute atomic E-state index is 0.0572. The number of rotatable bonds is 7. The molecule has 30 heavy (non-hydrogen) atoms. The molecule has 0 bridgehead atoms. The van der Waals surface area contributed by atoms with Crippen molar-refractivity contribution in [3.63, 3.8) is 0 Å². The highest BCUT2D eigenvalue weighted by Crippen LogP contribution is 2.23. The lowest BCUT2D eigenvalue weighted by atomic mass is 10.1. The minimum Gasteiger partial charge on any atom is -0.478 e. The van der Waals surface area contributed by atoms with Gasteiger partial charge in [0.25, 0.3) is 5.91 Å². The fourth-order valence-corrected chi connectivity index (χ4v) is 3.36. The van der Waals surface area contributed by atoms with Gasteiger partial charge in [-0.15, -0.1) is 11.8 Å². The Morgan fingerprint density at radius 1 is 0.833 bits per heavy atom. The van der Waals surface area contributed by atoms with E-state index in [1.54, 1.807) is 36.4 Å². The standard InChI is InChI=1S/C22H17FN2O4S/c23-14-8-10-15(11-9-14)24-20(26)13-30-17-5-3-4-16(12-17)25-21(27)18-6-1-2-7-19(18)22(28)29/h1-12H,13H2,(H,24,26)(H,25,27)(H,28,29). The van der Waals surface area contributed by atoms with Crippen molar-refractivity contribution < 1.29 is 23.9 Å². The maximum atomic E-state index is 12.9. The number of halogens is 1. The zero-order valence-corrected chi connectivity index (χ0v) is 16.4. The van der Waals surface area contributed by atoms with Crippen LogP contribution >= 0.6 is 11.8 Å². The number of hydrogen-bond donors (Lipinski definition) is 3. The quantitative estimate of drug-likeness (QED) is 0.485. The Balaban J connectivity index is 1.61. The van der Waals surface area contributed by atoms with Gasteiger partial charge in [0.05, 0.1) is 16.9 Å². The second-order valence-corrected chi connectivity index (χ2v) is 7.23. The maximum absolute atomic E-state index is 12.9. The Morgan fingerprint density at radius 3 is 2.23 bits per heavy atom. The number of thioether (sulfide) groups is 1. The number of carboxylic acid groups (broad SMARTS) is 1. The van der Waals surface area contributed by atoms with Crippen molar-refractivity contribution in [2.45, 2.75) is 4.90 Å². The normalized spacial score (nSPS) is 10.3. The molecule has 0 aliphatic carbocycles. The summed E-state index contributed by atoms with van der Waals surface area (Å²) in [6, 6.07) is 18.3. The van der Waals surface area contributed by atoms with Crippen molar-refractivity contribution in [2.24, 2.45) is 0 Å². The fourth-order valence-electron chi connectivity index (χ4n) is 2.61. The molecular formula is C22H17FN2O4S. The van der Waals surface area contributed by atoms with E-state index in [9.17, 15) is 23.9 Å². The second-order valence-electron chi connectivity index (χ2n) is 6.18. The summed E-state index contributed by atoms with van der Waals surface area (Å²) in [5.41, 5.74) is 0.948. The molecular weight excluding hydrogens is 407 g/mol. The lowest BCUT2D eigenvalue weighted by molar-refractivity contribution is -0.113. The SMILES string of the molecule is O=C(CSc1cccc(NC(=O)c2ccccc2C(=O)O)c1)Nc1ccc(F)cc1. The largest absolute Gasteiger partial charge is 0.478 e. The fraction of sp³-hybridized carbons (Fsp3) is 0.0455. The third-order valence-electron chi connectivity index (χ3n) is 3.99. The van der Waals surface area contributed by atoms with E-state index >= 15 is 0 Å². The molecule has 0 unspecified atom stereocenters. The number of aromatic carboxylic acids is 1. The lowest BCUT2D eigenvalue weighted by Crippen LogP contribution is -2.16. The summed E-state index contributed by atoms with van der Waals surface area (Å²) in [6.07, 6.45) is 0. The summed E-state index contributed by atoms with van der Waals surface area (Å²) in [6.45, 7) is 0. The van der Waals surface area contributed by atoms with Crippen LogP contribution in [0.15, 0.2) is 77.7 Å². The van der Waals surface area contributed by atoms with Gasteiger partial charge in [0.1, 0.15) is 5.82 Å². The molecule has 0 spiro atoms. The zero-order chi connectivity index (χ0) is 21.5. The molecule has 0 radical (unpaired) electrons. The molecule has 0 saturated carbocycles. The first-order valence-corrected chi connectivity index (χ1v) is 9.83. The minimum atomic E-state index is -1.18. The number of carbonyl (C=O) groups excluding carboxylic acids is 2. The molecule has 6 nitrogen and oxygen atoms in total. The number of benzene rings is 3.